The van der Waals surface area contributed by atoms with Crippen LogP contribution >= 0.6 is 11.8 Å². The summed E-state index contributed by atoms with van der Waals surface area (Å²) in [6, 6.07) is 0. The van der Waals surface area contributed by atoms with Crippen LogP contribution in [0.2, 0.25) is 0 Å². The van der Waals surface area contributed by atoms with Crippen LogP contribution in [0.5, 0.6) is 0 Å². The summed E-state index contributed by atoms with van der Waals surface area (Å²) >= 11 is 1.72. The number of hydrogen-bond acceptors (Lipinski definition) is 3. The second kappa shape index (κ2) is 9.04. The van der Waals surface area contributed by atoms with E-state index in [0.717, 1.165) is 12.8 Å². The average molecular weight is 433 g/mol. The van der Waals surface area contributed by atoms with Crippen LogP contribution in [0.3, 0.4) is 0 Å². The highest BCUT2D eigenvalue weighted by molar-refractivity contribution is 8.01. The SMILES string of the molecule is CCC(C)(C)SCC(=O)OCC1(C)CCCC2(C)C3CCC(C(C)C)=CC3=CCC12. The van der Waals surface area contributed by atoms with Crippen molar-refractivity contribution < 1.29 is 9.53 Å². The molecular weight excluding hydrogens is 388 g/mol. The molecule has 0 aliphatic heterocycles. The zero-order valence-electron chi connectivity index (χ0n) is 20.5. The molecule has 3 aliphatic rings. The van der Waals surface area contributed by atoms with Crippen LogP contribution < -0.4 is 0 Å². The first-order valence-corrected chi connectivity index (χ1v) is 13.2. The van der Waals surface area contributed by atoms with Crippen molar-refractivity contribution >= 4 is 17.7 Å². The monoisotopic (exact) mass is 432 g/mol. The minimum absolute atomic E-state index is 0.0377. The normalized spacial score (nSPS) is 34.0. The Balaban J connectivity index is 1.70. The van der Waals surface area contributed by atoms with Gasteiger partial charge in [0.25, 0.3) is 0 Å². The van der Waals surface area contributed by atoms with Gasteiger partial charge in [-0.25, -0.2) is 0 Å². The maximum Gasteiger partial charge on any atom is 0.315 e. The van der Waals surface area contributed by atoms with Crippen LogP contribution in [-0.4, -0.2) is 23.1 Å². The molecular formula is C27H44O2S. The third-order valence-electron chi connectivity index (χ3n) is 8.70. The number of esters is 1. The lowest BCUT2D eigenvalue weighted by Gasteiger charge is -2.58. The van der Waals surface area contributed by atoms with Crippen molar-refractivity contribution in [3.63, 3.8) is 0 Å². The molecule has 30 heavy (non-hydrogen) atoms. The highest BCUT2D eigenvalue weighted by Crippen LogP contribution is 2.62. The number of thioether (sulfide) groups is 1. The molecule has 0 bridgehead atoms. The van der Waals surface area contributed by atoms with E-state index >= 15 is 0 Å². The highest BCUT2D eigenvalue weighted by Gasteiger charge is 2.54. The van der Waals surface area contributed by atoms with E-state index in [1.54, 1.807) is 22.9 Å². The van der Waals surface area contributed by atoms with E-state index in [9.17, 15) is 4.79 Å². The van der Waals surface area contributed by atoms with Crippen LogP contribution in [0, 0.1) is 28.6 Å². The Bertz CT molecular complexity index is 704. The third-order valence-corrected chi connectivity index (χ3v) is 10.1. The minimum Gasteiger partial charge on any atom is -0.464 e. The van der Waals surface area contributed by atoms with Crippen LogP contribution in [0.4, 0.5) is 0 Å². The predicted octanol–water partition coefficient (Wildman–Crippen LogP) is 7.59. The first-order valence-electron chi connectivity index (χ1n) is 12.2. The molecule has 0 aromatic carbocycles. The quantitative estimate of drug-likeness (QED) is 0.388. The van der Waals surface area contributed by atoms with Crippen molar-refractivity contribution in [1.29, 1.82) is 0 Å². The molecule has 3 heteroatoms. The number of carbonyl (C=O) groups excluding carboxylic acids is 1. The van der Waals surface area contributed by atoms with Gasteiger partial charge in [-0.05, 0) is 67.3 Å². The lowest BCUT2D eigenvalue weighted by atomic mass is 9.47. The lowest BCUT2D eigenvalue weighted by Crippen LogP contribution is -2.51. The second-order valence-corrected chi connectivity index (χ2v) is 13.2. The van der Waals surface area contributed by atoms with Gasteiger partial charge in [-0.15, -0.1) is 11.8 Å². The number of fused-ring (bicyclic) bond motifs is 3. The molecule has 3 aliphatic carbocycles. The zero-order chi connectivity index (χ0) is 22.2. The van der Waals surface area contributed by atoms with Gasteiger partial charge in [-0.1, -0.05) is 72.6 Å². The Hall–Kier alpha value is -0.700. The molecule has 0 heterocycles. The Morgan fingerprint density at radius 2 is 2.03 bits per heavy atom. The van der Waals surface area contributed by atoms with Gasteiger partial charge in [0.2, 0.25) is 0 Å². The van der Waals surface area contributed by atoms with E-state index in [1.165, 1.54) is 32.1 Å². The molecule has 4 unspecified atom stereocenters. The minimum atomic E-state index is -0.0377. The van der Waals surface area contributed by atoms with E-state index in [1.807, 2.05) is 0 Å². The molecule has 3 rings (SSSR count). The summed E-state index contributed by atoms with van der Waals surface area (Å²) in [5.74, 6) is 2.37. The van der Waals surface area contributed by atoms with Crippen molar-refractivity contribution in [3.8, 4) is 0 Å². The van der Waals surface area contributed by atoms with Crippen molar-refractivity contribution in [2.75, 3.05) is 12.4 Å². The number of rotatable bonds is 7. The molecule has 2 nitrogen and oxygen atoms in total. The Morgan fingerprint density at radius 1 is 1.30 bits per heavy atom. The molecule has 0 amide bonds. The van der Waals surface area contributed by atoms with Gasteiger partial charge in [-0.2, -0.15) is 0 Å². The fourth-order valence-electron chi connectivity index (χ4n) is 6.29. The first kappa shape index (κ1) is 24.0. The Kier molecular flexibility index (Phi) is 7.22. The smallest absolute Gasteiger partial charge is 0.315 e. The van der Waals surface area contributed by atoms with Crippen molar-refractivity contribution in [2.45, 2.75) is 98.2 Å². The Morgan fingerprint density at radius 3 is 2.70 bits per heavy atom. The summed E-state index contributed by atoms with van der Waals surface area (Å²) in [5.41, 5.74) is 3.65. The molecule has 4 atom stereocenters. The van der Waals surface area contributed by atoms with Crippen LogP contribution in [0.15, 0.2) is 23.3 Å². The number of allylic oxidation sites excluding steroid dienone is 4. The van der Waals surface area contributed by atoms with Crippen LogP contribution in [0.1, 0.15) is 93.4 Å². The van der Waals surface area contributed by atoms with E-state index < -0.39 is 0 Å². The van der Waals surface area contributed by atoms with Gasteiger partial charge in [-0.3, -0.25) is 4.79 Å². The van der Waals surface area contributed by atoms with E-state index in [-0.39, 0.29) is 16.1 Å². The Labute approximate surface area is 189 Å². The van der Waals surface area contributed by atoms with Gasteiger partial charge in [0.1, 0.15) is 0 Å². The van der Waals surface area contributed by atoms with Crippen LogP contribution in [0.25, 0.3) is 0 Å². The maximum atomic E-state index is 12.5. The predicted molar refractivity (Wildman–Crippen MR) is 130 cm³/mol. The number of hydrogen-bond donors (Lipinski definition) is 0. The summed E-state index contributed by atoms with van der Waals surface area (Å²) in [6.45, 7) is 16.8. The molecule has 0 radical (unpaired) electrons. The zero-order valence-corrected chi connectivity index (χ0v) is 21.3. The second-order valence-electron chi connectivity index (χ2n) is 11.5. The van der Waals surface area contributed by atoms with Gasteiger partial charge in [0.15, 0.2) is 0 Å². The first-order chi connectivity index (χ1) is 14.0. The maximum absolute atomic E-state index is 12.5. The topological polar surface area (TPSA) is 26.3 Å². The molecule has 0 N–H and O–H groups in total. The molecule has 0 aromatic heterocycles. The summed E-state index contributed by atoms with van der Waals surface area (Å²) in [7, 11) is 0. The number of carbonyl (C=O) groups is 1. The van der Waals surface area contributed by atoms with Gasteiger partial charge < -0.3 is 4.74 Å². The van der Waals surface area contributed by atoms with Gasteiger partial charge >= 0.3 is 5.97 Å². The molecule has 1 fully saturated rings. The number of ether oxygens (including phenoxy) is 1. The molecule has 0 aromatic rings. The molecule has 170 valence electrons. The summed E-state index contributed by atoms with van der Waals surface area (Å²) < 4.78 is 6.05. The van der Waals surface area contributed by atoms with E-state index in [4.69, 9.17) is 4.74 Å². The van der Waals surface area contributed by atoms with E-state index in [2.05, 4.69) is 60.6 Å². The van der Waals surface area contributed by atoms with Gasteiger partial charge in [0.05, 0.1) is 12.4 Å². The van der Waals surface area contributed by atoms with Gasteiger partial charge in [0, 0.05) is 10.2 Å². The van der Waals surface area contributed by atoms with Crippen LogP contribution in [-0.2, 0) is 9.53 Å². The lowest BCUT2D eigenvalue weighted by molar-refractivity contribution is -0.150. The largest absolute Gasteiger partial charge is 0.464 e. The standard InChI is InChI=1S/C27H44O2S/c1-8-25(4,5)30-17-24(28)29-18-26(6)14-9-15-27(7)22-12-10-20(19(2)3)16-21(22)11-13-23(26)27/h11,16,19,22-23H,8-10,12-15,17-18H2,1-7H3. The van der Waals surface area contributed by atoms with Crippen molar-refractivity contribution in [3.05, 3.63) is 23.3 Å². The molecule has 0 spiro atoms. The highest BCUT2D eigenvalue weighted by atomic mass is 32.2. The molecule has 0 saturated heterocycles. The molecule has 1 saturated carbocycles. The van der Waals surface area contributed by atoms with E-state index in [0.29, 0.717) is 35.5 Å². The summed E-state index contributed by atoms with van der Waals surface area (Å²) in [5, 5.41) is 0. The summed E-state index contributed by atoms with van der Waals surface area (Å²) in [4.78, 5) is 12.5. The summed E-state index contributed by atoms with van der Waals surface area (Å²) in [6.07, 6.45) is 13.5. The fourth-order valence-corrected chi connectivity index (χ4v) is 7.09. The van der Waals surface area contributed by atoms with Crippen molar-refractivity contribution in [1.82, 2.24) is 0 Å². The fraction of sp³-hybridized carbons (Fsp3) is 0.815. The average Bonchev–Trinajstić information content (AvgIpc) is 2.70. The third kappa shape index (κ3) is 4.87. The van der Waals surface area contributed by atoms with Crippen molar-refractivity contribution in [2.24, 2.45) is 28.6 Å².